The zero-order valence-corrected chi connectivity index (χ0v) is 9.25. The average molecular weight is 210 g/mol. The summed E-state index contributed by atoms with van der Waals surface area (Å²) in [6, 6.07) is 4.04. The number of amides is 1. The van der Waals surface area contributed by atoms with Crippen molar-refractivity contribution in [3.63, 3.8) is 0 Å². The minimum atomic E-state index is 0.0313. The summed E-state index contributed by atoms with van der Waals surface area (Å²) in [6.45, 7) is 4.97. The summed E-state index contributed by atoms with van der Waals surface area (Å²) in [5.41, 5.74) is 0. The molecule has 0 radical (unpaired) electrons. The second-order valence-corrected chi connectivity index (χ2v) is 3.52. The third-order valence-electron chi connectivity index (χ3n) is 2.07. The summed E-state index contributed by atoms with van der Waals surface area (Å²) in [5.74, 6) is 0.967. The van der Waals surface area contributed by atoms with Crippen LogP contribution in [0.3, 0.4) is 0 Å². The molecular formula is C11H18N2O2. The fourth-order valence-electron chi connectivity index (χ4n) is 1.33. The van der Waals surface area contributed by atoms with Gasteiger partial charge in [0.1, 0.15) is 5.76 Å². The lowest BCUT2D eigenvalue weighted by Crippen LogP contribution is -2.38. The molecule has 1 heterocycles. The van der Waals surface area contributed by atoms with Gasteiger partial charge in [-0.15, -0.1) is 0 Å². The van der Waals surface area contributed by atoms with E-state index in [4.69, 9.17) is 4.42 Å². The van der Waals surface area contributed by atoms with Gasteiger partial charge in [-0.05, 0) is 26.0 Å². The highest BCUT2D eigenvalue weighted by Crippen LogP contribution is 2.03. The van der Waals surface area contributed by atoms with Crippen LogP contribution in [0.4, 0.5) is 0 Å². The number of carbonyl (C=O) groups excluding carboxylic acids is 1. The van der Waals surface area contributed by atoms with E-state index in [-0.39, 0.29) is 11.9 Å². The van der Waals surface area contributed by atoms with E-state index in [0.29, 0.717) is 13.1 Å². The molecule has 0 bridgehead atoms. The van der Waals surface area contributed by atoms with Gasteiger partial charge in [-0.25, -0.2) is 0 Å². The first-order valence-corrected chi connectivity index (χ1v) is 5.24. The van der Waals surface area contributed by atoms with E-state index in [1.54, 1.807) is 6.26 Å². The summed E-state index contributed by atoms with van der Waals surface area (Å²) in [7, 11) is 0. The van der Waals surface area contributed by atoms with Crippen LogP contribution in [0.15, 0.2) is 22.8 Å². The number of furan rings is 1. The standard InChI is InChI=1S/C11H18N2O2/c1-3-12-11(14)8-13-9(2)7-10-5-4-6-15-10/h4-6,9,13H,3,7-8H2,1-2H3,(H,12,14). The quantitative estimate of drug-likeness (QED) is 0.734. The fraction of sp³-hybridized carbons (Fsp3) is 0.545. The van der Waals surface area contributed by atoms with Gasteiger partial charge in [0.2, 0.25) is 5.91 Å². The molecule has 1 amide bonds. The summed E-state index contributed by atoms with van der Waals surface area (Å²) < 4.78 is 5.22. The molecule has 0 saturated heterocycles. The van der Waals surface area contributed by atoms with Gasteiger partial charge in [-0.2, -0.15) is 0 Å². The Balaban J connectivity index is 2.19. The van der Waals surface area contributed by atoms with Crippen LogP contribution < -0.4 is 10.6 Å². The minimum absolute atomic E-state index is 0.0313. The summed E-state index contributed by atoms with van der Waals surface area (Å²) in [6.07, 6.45) is 2.46. The Bertz CT molecular complexity index is 283. The highest BCUT2D eigenvalue weighted by molar-refractivity contribution is 5.77. The van der Waals surface area contributed by atoms with Gasteiger partial charge in [0.15, 0.2) is 0 Å². The predicted molar refractivity (Wildman–Crippen MR) is 58.6 cm³/mol. The van der Waals surface area contributed by atoms with Crippen LogP contribution in [-0.2, 0) is 11.2 Å². The fourth-order valence-corrected chi connectivity index (χ4v) is 1.33. The van der Waals surface area contributed by atoms with Crippen LogP contribution in [-0.4, -0.2) is 25.0 Å². The molecular weight excluding hydrogens is 192 g/mol. The van der Waals surface area contributed by atoms with Crippen molar-refractivity contribution in [2.24, 2.45) is 0 Å². The van der Waals surface area contributed by atoms with Crippen molar-refractivity contribution in [1.82, 2.24) is 10.6 Å². The van der Waals surface area contributed by atoms with Crippen LogP contribution in [0.2, 0.25) is 0 Å². The third kappa shape index (κ3) is 4.65. The van der Waals surface area contributed by atoms with Crippen molar-refractivity contribution in [3.8, 4) is 0 Å². The molecule has 1 unspecified atom stereocenters. The lowest BCUT2D eigenvalue weighted by atomic mass is 10.2. The normalized spacial score (nSPS) is 12.4. The SMILES string of the molecule is CCNC(=O)CNC(C)Cc1ccco1. The molecule has 0 saturated carbocycles. The van der Waals surface area contributed by atoms with Gasteiger partial charge in [-0.1, -0.05) is 0 Å². The van der Waals surface area contributed by atoms with Gasteiger partial charge in [-0.3, -0.25) is 4.79 Å². The van der Waals surface area contributed by atoms with Gasteiger partial charge >= 0.3 is 0 Å². The minimum Gasteiger partial charge on any atom is -0.469 e. The zero-order chi connectivity index (χ0) is 11.1. The molecule has 15 heavy (non-hydrogen) atoms. The molecule has 1 aromatic heterocycles. The second-order valence-electron chi connectivity index (χ2n) is 3.52. The maximum atomic E-state index is 11.2. The van der Waals surface area contributed by atoms with E-state index < -0.39 is 0 Å². The molecule has 1 atom stereocenters. The van der Waals surface area contributed by atoms with Gasteiger partial charge < -0.3 is 15.1 Å². The van der Waals surface area contributed by atoms with E-state index in [2.05, 4.69) is 10.6 Å². The van der Waals surface area contributed by atoms with Crippen LogP contribution in [0, 0.1) is 0 Å². The molecule has 84 valence electrons. The number of nitrogens with one attached hydrogen (secondary N) is 2. The summed E-state index contributed by atoms with van der Waals surface area (Å²) in [4.78, 5) is 11.2. The Morgan fingerprint density at radius 2 is 2.40 bits per heavy atom. The van der Waals surface area contributed by atoms with E-state index in [0.717, 1.165) is 12.2 Å². The second kappa shape index (κ2) is 6.24. The third-order valence-corrected chi connectivity index (χ3v) is 2.07. The smallest absolute Gasteiger partial charge is 0.233 e. The highest BCUT2D eigenvalue weighted by Gasteiger charge is 2.06. The van der Waals surface area contributed by atoms with E-state index in [9.17, 15) is 4.79 Å². The highest BCUT2D eigenvalue weighted by atomic mass is 16.3. The van der Waals surface area contributed by atoms with Crippen molar-refractivity contribution in [2.45, 2.75) is 26.3 Å². The average Bonchev–Trinajstić information content (AvgIpc) is 2.68. The monoisotopic (exact) mass is 210 g/mol. The predicted octanol–water partition coefficient (Wildman–Crippen LogP) is 0.936. The summed E-state index contributed by atoms with van der Waals surface area (Å²) in [5, 5.41) is 5.87. The van der Waals surface area contributed by atoms with Gasteiger partial charge in [0, 0.05) is 19.0 Å². The Labute approximate surface area is 90.0 Å². The molecule has 0 fully saturated rings. The van der Waals surface area contributed by atoms with Crippen molar-refractivity contribution in [1.29, 1.82) is 0 Å². The number of carbonyl (C=O) groups is 1. The zero-order valence-electron chi connectivity index (χ0n) is 9.25. The Hall–Kier alpha value is -1.29. The number of rotatable bonds is 6. The van der Waals surface area contributed by atoms with Gasteiger partial charge in [0.25, 0.3) is 0 Å². The first-order valence-electron chi connectivity index (χ1n) is 5.24. The molecule has 0 spiro atoms. The van der Waals surface area contributed by atoms with Crippen molar-refractivity contribution in [2.75, 3.05) is 13.1 Å². The Morgan fingerprint density at radius 3 is 3.00 bits per heavy atom. The van der Waals surface area contributed by atoms with Crippen LogP contribution in [0.25, 0.3) is 0 Å². The van der Waals surface area contributed by atoms with Crippen molar-refractivity contribution < 1.29 is 9.21 Å². The number of hydrogen-bond acceptors (Lipinski definition) is 3. The molecule has 0 aliphatic heterocycles. The first kappa shape index (κ1) is 11.8. The molecule has 1 aromatic rings. The molecule has 4 nitrogen and oxygen atoms in total. The van der Waals surface area contributed by atoms with Crippen molar-refractivity contribution >= 4 is 5.91 Å². The van der Waals surface area contributed by atoms with E-state index in [1.807, 2.05) is 26.0 Å². The van der Waals surface area contributed by atoms with Gasteiger partial charge in [0.05, 0.1) is 12.8 Å². The number of hydrogen-bond donors (Lipinski definition) is 2. The molecule has 0 aromatic carbocycles. The van der Waals surface area contributed by atoms with Crippen LogP contribution >= 0.6 is 0 Å². The maximum Gasteiger partial charge on any atom is 0.233 e. The Morgan fingerprint density at radius 1 is 1.60 bits per heavy atom. The van der Waals surface area contributed by atoms with Crippen LogP contribution in [0.5, 0.6) is 0 Å². The van der Waals surface area contributed by atoms with Crippen molar-refractivity contribution in [3.05, 3.63) is 24.2 Å². The Kier molecular flexibility index (Phi) is 4.90. The molecule has 0 aliphatic rings. The molecule has 2 N–H and O–H groups in total. The molecule has 1 rings (SSSR count). The summed E-state index contributed by atoms with van der Waals surface area (Å²) >= 11 is 0. The lowest BCUT2D eigenvalue weighted by Gasteiger charge is -2.11. The van der Waals surface area contributed by atoms with E-state index in [1.165, 1.54) is 0 Å². The lowest BCUT2D eigenvalue weighted by molar-refractivity contribution is -0.120. The van der Waals surface area contributed by atoms with E-state index >= 15 is 0 Å². The first-order chi connectivity index (χ1) is 7.22. The molecule has 0 aliphatic carbocycles. The largest absolute Gasteiger partial charge is 0.469 e. The number of likely N-dealkylation sites (N-methyl/N-ethyl adjacent to an activating group) is 1. The maximum absolute atomic E-state index is 11.2. The molecule has 4 heteroatoms. The van der Waals surface area contributed by atoms with Crippen LogP contribution in [0.1, 0.15) is 19.6 Å². The topological polar surface area (TPSA) is 54.3 Å².